The lowest BCUT2D eigenvalue weighted by Gasteiger charge is -2.10. The smallest absolute Gasteiger partial charge is 0.182 e. The highest BCUT2D eigenvalue weighted by Gasteiger charge is 2.17. The van der Waals surface area contributed by atoms with Crippen LogP contribution in [0.3, 0.4) is 0 Å². The molecule has 25 heavy (non-hydrogen) atoms. The van der Waals surface area contributed by atoms with Crippen molar-refractivity contribution in [1.82, 2.24) is 15.2 Å². The Morgan fingerprint density at radius 3 is 2.60 bits per heavy atom. The molecule has 0 spiro atoms. The lowest BCUT2D eigenvalue weighted by Crippen LogP contribution is -1.91. The number of rotatable bonds is 3. The molecule has 0 bridgehead atoms. The number of ether oxygens (including phenoxy) is 1. The number of benzene rings is 2. The van der Waals surface area contributed by atoms with E-state index in [1.807, 2.05) is 30.3 Å². The van der Waals surface area contributed by atoms with Gasteiger partial charge in [-0.3, -0.25) is 5.10 Å². The number of halogens is 2. The molecule has 1 N–H and O–H groups in total. The van der Waals surface area contributed by atoms with Gasteiger partial charge >= 0.3 is 0 Å². The number of hydrogen-bond donors (Lipinski definition) is 1. The predicted octanol–water partition coefficient (Wildman–Crippen LogP) is 5.09. The average molecular weight is 354 g/mol. The second kappa shape index (κ2) is 6.18. The summed E-state index contributed by atoms with van der Waals surface area (Å²) in [6.07, 6.45) is 1.65. The van der Waals surface area contributed by atoms with Gasteiger partial charge in [0.25, 0.3) is 0 Å². The van der Waals surface area contributed by atoms with Gasteiger partial charge in [-0.1, -0.05) is 23.7 Å². The third-order valence-electron chi connectivity index (χ3n) is 4.04. The van der Waals surface area contributed by atoms with Gasteiger partial charge in [0.05, 0.1) is 18.2 Å². The lowest BCUT2D eigenvalue weighted by molar-refractivity contribution is 0.415. The number of fused-ring (bicyclic) bond motifs is 1. The zero-order chi connectivity index (χ0) is 17.4. The second-order valence-corrected chi connectivity index (χ2v) is 5.94. The van der Waals surface area contributed by atoms with Gasteiger partial charge < -0.3 is 4.74 Å². The summed E-state index contributed by atoms with van der Waals surface area (Å²) >= 11 is 5.98. The molecule has 0 fully saturated rings. The van der Waals surface area contributed by atoms with E-state index in [0.717, 1.165) is 22.2 Å². The molecule has 2 aromatic carbocycles. The van der Waals surface area contributed by atoms with Crippen LogP contribution < -0.4 is 4.74 Å². The van der Waals surface area contributed by atoms with E-state index in [4.69, 9.17) is 16.3 Å². The maximum atomic E-state index is 13.9. The van der Waals surface area contributed by atoms with Crippen molar-refractivity contribution in [3.05, 3.63) is 65.6 Å². The van der Waals surface area contributed by atoms with Crippen LogP contribution in [0.5, 0.6) is 5.75 Å². The average Bonchev–Trinajstić information content (AvgIpc) is 3.06. The molecule has 4 rings (SSSR count). The van der Waals surface area contributed by atoms with Crippen LogP contribution >= 0.6 is 11.6 Å². The number of H-pyrrole nitrogens is 1. The van der Waals surface area contributed by atoms with Crippen molar-refractivity contribution in [3.63, 3.8) is 0 Å². The fraction of sp³-hybridized carbons (Fsp3) is 0.0526. The highest BCUT2D eigenvalue weighted by Crippen LogP contribution is 2.38. The minimum Gasteiger partial charge on any atom is -0.496 e. The Morgan fingerprint density at radius 2 is 1.84 bits per heavy atom. The van der Waals surface area contributed by atoms with Crippen molar-refractivity contribution in [3.8, 4) is 28.1 Å². The normalized spacial score (nSPS) is 11.0. The molecule has 0 atom stereocenters. The standard InChI is InChI=1S/C19H13ClFN3O/c1-25-16-7-6-13(21)10-15(16)14-8-9-22-19-17(14)18(23-24-19)11-2-4-12(20)5-3-11/h2-10H,1H3,(H,22,23,24). The molecular formula is C19H13ClFN3O. The van der Waals surface area contributed by atoms with Crippen molar-refractivity contribution in [2.24, 2.45) is 0 Å². The summed E-state index contributed by atoms with van der Waals surface area (Å²) in [5.74, 6) is 0.245. The minimum atomic E-state index is -0.336. The fourth-order valence-corrected chi connectivity index (χ4v) is 3.01. The summed E-state index contributed by atoms with van der Waals surface area (Å²) in [7, 11) is 1.56. The van der Waals surface area contributed by atoms with E-state index in [1.54, 1.807) is 19.4 Å². The quantitative estimate of drug-likeness (QED) is 0.558. The van der Waals surface area contributed by atoms with Crippen molar-refractivity contribution in [1.29, 1.82) is 0 Å². The highest BCUT2D eigenvalue weighted by molar-refractivity contribution is 6.30. The van der Waals surface area contributed by atoms with Crippen LogP contribution in [0, 0.1) is 5.82 Å². The molecule has 6 heteroatoms. The Labute approximate surface area is 148 Å². The fourth-order valence-electron chi connectivity index (χ4n) is 2.89. The first-order valence-corrected chi connectivity index (χ1v) is 7.98. The summed E-state index contributed by atoms with van der Waals surface area (Å²) in [5.41, 5.74) is 3.69. The van der Waals surface area contributed by atoms with Crippen LogP contribution in [0.15, 0.2) is 54.7 Å². The molecule has 2 heterocycles. The van der Waals surface area contributed by atoms with Gasteiger partial charge in [-0.05, 0) is 36.4 Å². The van der Waals surface area contributed by atoms with E-state index in [1.165, 1.54) is 12.1 Å². The Bertz CT molecular complexity index is 1060. The lowest BCUT2D eigenvalue weighted by atomic mass is 9.99. The van der Waals surface area contributed by atoms with Crippen LogP contribution in [0.25, 0.3) is 33.4 Å². The largest absolute Gasteiger partial charge is 0.496 e. The maximum Gasteiger partial charge on any atom is 0.182 e. The molecule has 4 aromatic rings. The first kappa shape index (κ1) is 15.6. The van der Waals surface area contributed by atoms with Crippen LogP contribution in [0.4, 0.5) is 4.39 Å². The molecule has 0 aliphatic heterocycles. The monoisotopic (exact) mass is 353 g/mol. The molecule has 4 nitrogen and oxygen atoms in total. The topological polar surface area (TPSA) is 50.8 Å². The third-order valence-corrected chi connectivity index (χ3v) is 4.29. The van der Waals surface area contributed by atoms with E-state index in [2.05, 4.69) is 15.2 Å². The molecule has 0 aliphatic carbocycles. The Balaban J connectivity index is 2.01. The molecule has 0 amide bonds. The van der Waals surface area contributed by atoms with Gasteiger partial charge in [0.2, 0.25) is 0 Å². The maximum absolute atomic E-state index is 13.9. The van der Waals surface area contributed by atoms with Crippen LogP contribution in [-0.2, 0) is 0 Å². The molecule has 124 valence electrons. The Hall–Kier alpha value is -2.92. The SMILES string of the molecule is COc1ccc(F)cc1-c1ccnc2n[nH]c(-c3ccc(Cl)cc3)c12. The van der Waals surface area contributed by atoms with Crippen LogP contribution in [0.1, 0.15) is 0 Å². The molecule has 0 saturated heterocycles. The number of hydrogen-bond acceptors (Lipinski definition) is 3. The van der Waals surface area contributed by atoms with Gasteiger partial charge in [0.1, 0.15) is 11.6 Å². The summed E-state index contributed by atoms with van der Waals surface area (Å²) in [6, 6.07) is 13.7. The van der Waals surface area contributed by atoms with Gasteiger partial charge in [-0.15, -0.1) is 0 Å². The number of nitrogens with zero attached hydrogens (tertiary/aromatic N) is 2. The van der Waals surface area contributed by atoms with Crippen LogP contribution in [-0.4, -0.2) is 22.3 Å². The molecule has 0 unspecified atom stereocenters. The number of pyridine rings is 1. The number of aromatic nitrogens is 3. The van der Waals surface area contributed by atoms with Crippen molar-refractivity contribution in [2.75, 3.05) is 7.11 Å². The van der Waals surface area contributed by atoms with E-state index in [-0.39, 0.29) is 5.82 Å². The van der Waals surface area contributed by atoms with E-state index < -0.39 is 0 Å². The summed E-state index contributed by atoms with van der Waals surface area (Å²) in [4.78, 5) is 4.31. The first-order chi connectivity index (χ1) is 12.2. The first-order valence-electron chi connectivity index (χ1n) is 7.60. The second-order valence-electron chi connectivity index (χ2n) is 5.51. The summed E-state index contributed by atoms with van der Waals surface area (Å²) in [6.45, 7) is 0. The Kier molecular flexibility index (Phi) is 3.86. The van der Waals surface area contributed by atoms with Gasteiger partial charge in [0.15, 0.2) is 5.65 Å². The van der Waals surface area contributed by atoms with Crippen molar-refractivity contribution < 1.29 is 9.13 Å². The minimum absolute atomic E-state index is 0.336. The zero-order valence-corrected chi connectivity index (χ0v) is 14.0. The Morgan fingerprint density at radius 1 is 1.04 bits per heavy atom. The van der Waals surface area contributed by atoms with Crippen LogP contribution in [0.2, 0.25) is 5.02 Å². The number of nitrogens with one attached hydrogen (secondary N) is 1. The van der Waals surface area contributed by atoms with E-state index in [0.29, 0.717) is 22.0 Å². The van der Waals surface area contributed by atoms with E-state index in [9.17, 15) is 4.39 Å². The summed E-state index contributed by atoms with van der Waals surface area (Å²) in [5, 5.41) is 8.75. The zero-order valence-electron chi connectivity index (χ0n) is 13.3. The molecule has 0 radical (unpaired) electrons. The molecular weight excluding hydrogens is 341 g/mol. The molecule has 0 aliphatic rings. The van der Waals surface area contributed by atoms with Gasteiger partial charge in [-0.2, -0.15) is 5.10 Å². The summed E-state index contributed by atoms with van der Waals surface area (Å²) < 4.78 is 19.3. The van der Waals surface area contributed by atoms with Gasteiger partial charge in [-0.25, -0.2) is 9.37 Å². The number of aromatic amines is 1. The predicted molar refractivity (Wildman–Crippen MR) is 96.3 cm³/mol. The van der Waals surface area contributed by atoms with Gasteiger partial charge in [0, 0.05) is 27.9 Å². The van der Waals surface area contributed by atoms with E-state index >= 15 is 0 Å². The van der Waals surface area contributed by atoms with Crippen molar-refractivity contribution in [2.45, 2.75) is 0 Å². The van der Waals surface area contributed by atoms with Crippen molar-refractivity contribution >= 4 is 22.6 Å². The highest BCUT2D eigenvalue weighted by atomic mass is 35.5. The molecule has 2 aromatic heterocycles. The molecule has 0 saturated carbocycles. The third kappa shape index (κ3) is 2.72. The number of methoxy groups -OCH3 is 1.